The Balaban J connectivity index is 1.28. The predicted molar refractivity (Wildman–Crippen MR) is 122 cm³/mol. The largest absolute Gasteiger partial charge is 0.439 e. The van der Waals surface area contributed by atoms with Crippen LogP contribution in [-0.2, 0) is 20.1 Å². The molecule has 0 saturated carbocycles. The van der Waals surface area contributed by atoms with Gasteiger partial charge in [-0.05, 0) is 42.5 Å². The third-order valence-electron chi connectivity index (χ3n) is 5.85. The van der Waals surface area contributed by atoms with Gasteiger partial charge in [-0.3, -0.25) is 4.57 Å². The number of ether oxygens (including phenoxy) is 1. The zero-order chi connectivity index (χ0) is 21.7. The van der Waals surface area contributed by atoms with Crippen molar-refractivity contribution in [3.05, 3.63) is 78.5 Å². The second-order valence-corrected chi connectivity index (χ2v) is 7.81. The maximum Gasteiger partial charge on any atom is 0.330 e. The fourth-order valence-corrected chi connectivity index (χ4v) is 4.21. The fraction of sp³-hybridized carbons (Fsp3) is 0.125. The Kier molecular flexibility index (Phi) is 4.19. The molecule has 0 unspecified atom stereocenters. The van der Waals surface area contributed by atoms with Crippen LogP contribution in [0.4, 0.5) is 10.5 Å². The van der Waals surface area contributed by atoms with E-state index in [1.54, 1.807) is 10.8 Å². The summed E-state index contributed by atoms with van der Waals surface area (Å²) in [5.74, 6) is 1.23. The van der Waals surface area contributed by atoms with Crippen molar-refractivity contribution in [2.45, 2.75) is 13.1 Å². The Morgan fingerprint density at radius 3 is 2.94 bits per heavy atom. The Morgan fingerprint density at radius 2 is 2.00 bits per heavy atom. The van der Waals surface area contributed by atoms with Crippen molar-refractivity contribution in [3.63, 3.8) is 0 Å². The molecule has 5 aromatic rings. The molecular formula is C24H20N6O2. The number of fused-ring (bicyclic) bond motifs is 3. The minimum Gasteiger partial charge on any atom is -0.439 e. The van der Waals surface area contributed by atoms with Crippen LogP contribution in [0.5, 0.6) is 11.6 Å². The van der Waals surface area contributed by atoms with E-state index in [1.165, 1.54) is 6.33 Å². The van der Waals surface area contributed by atoms with E-state index in [-0.39, 0.29) is 6.03 Å². The molecule has 8 nitrogen and oxygen atoms in total. The molecule has 1 aliphatic heterocycles. The van der Waals surface area contributed by atoms with Crippen LogP contribution in [0.1, 0.15) is 11.3 Å². The average Bonchev–Trinajstić information content (AvgIpc) is 3.53. The minimum absolute atomic E-state index is 0.218. The first-order valence-corrected chi connectivity index (χ1v) is 10.4. The van der Waals surface area contributed by atoms with Crippen molar-refractivity contribution in [1.29, 1.82) is 0 Å². The highest BCUT2D eigenvalue weighted by atomic mass is 16.5. The number of aromatic nitrogens is 4. The van der Waals surface area contributed by atoms with E-state index < -0.39 is 0 Å². The Morgan fingerprint density at radius 1 is 1.06 bits per heavy atom. The number of amides is 1. The first-order chi connectivity index (χ1) is 15.7. The van der Waals surface area contributed by atoms with Gasteiger partial charge in [0.15, 0.2) is 0 Å². The highest BCUT2D eigenvalue weighted by Gasteiger charge is 2.18. The fourth-order valence-electron chi connectivity index (χ4n) is 4.21. The molecule has 4 heterocycles. The standard InChI is InChI=1S/C24H20N6O2/c1-29-9-8-17-19(3-2-4-22(17)29)28-24(31)30-10-7-15-11-16(5-6-21(15)30)32-23-18-12-25-13-20(18)26-14-27-23/h2-11,14,25H,12-13H2,1H3,(H,28,31). The van der Waals surface area contributed by atoms with Crippen molar-refractivity contribution in [2.75, 3.05) is 5.32 Å². The smallest absolute Gasteiger partial charge is 0.330 e. The highest BCUT2D eigenvalue weighted by molar-refractivity contribution is 6.04. The lowest BCUT2D eigenvalue weighted by molar-refractivity contribution is 0.254. The molecular weight excluding hydrogens is 404 g/mol. The maximum atomic E-state index is 13.0. The van der Waals surface area contributed by atoms with E-state index in [9.17, 15) is 4.79 Å². The molecule has 0 atom stereocenters. The summed E-state index contributed by atoms with van der Waals surface area (Å²) in [5, 5.41) is 8.20. The second kappa shape index (κ2) is 7.21. The quantitative estimate of drug-likeness (QED) is 0.448. The van der Waals surface area contributed by atoms with Crippen LogP contribution in [0.2, 0.25) is 0 Å². The van der Waals surface area contributed by atoms with Gasteiger partial charge in [-0.2, -0.15) is 0 Å². The summed E-state index contributed by atoms with van der Waals surface area (Å²) in [6, 6.07) is 15.2. The van der Waals surface area contributed by atoms with Crippen LogP contribution in [0.15, 0.2) is 67.3 Å². The van der Waals surface area contributed by atoms with Gasteiger partial charge >= 0.3 is 6.03 Å². The van der Waals surface area contributed by atoms with Crippen LogP contribution in [0.3, 0.4) is 0 Å². The number of nitrogens with zero attached hydrogens (tertiary/aromatic N) is 4. The van der Waals surface area contributed by atoms with Gasteiger partial charge in [-0.25, -0.2) is 14.8 Å². The van der Waals surface area contributed by atoms with Gasteiger partial charge in [0, 0.05) is 48.8 Å². The van der Waals surface area contributed by atoms with Crippen LogP contribution in [-0.4, -0.2) is 25.1 Å². The predicted octanol–water partition coefficient (Wildman–Crippen LogP) is 4.40. The molecule has 3 aromatic heterocycles. The number of aryl methyl sites for hydroxylation is 1. The number of anilines is 1. The summed E-state index contributed by atoms with van der Waals surface area (Å²) in [5.41, 5.74) is 4.59. The number of nitrogens with one attached hydrogen (secondary N) is 2. The van der Waals surface area contributed by atoms with Gasteiger partial charge in [-0.1, -0.05) is 6.07 Å². The Hall–Kier alpha value is -4.17. The summed E-state index contributed by atoms with van der Waals surface area (Å²) in [6.07, 6.45) is 5.27. The molecule has 2 aromatic carbocycles. The zero-order valence-corrected chi connectivity index (χ0v) is 17.4. The van der Waals surface area contributed by atoms with Gasteiger partial charge in [0.05, 0.1) is 22.5 Å². The van der Waals surface area contributed by atoms with Crippen molar-refractivity contribution < 1.29 is 9.53 Å². The number of rotatable bonds is 3. The van der Waals surface area contributed by atoms with Crippen LogP contribution in [0, 0.1) is 0 Å². The van der Waals surface area contributed by atoms with E-state index >= 15 is 0 Å². The first kappa shape index (κ1) is 18.6. The highest BCUT2D eigenvalue weighted by Crippen LogP contribution is 2.30. The maximum absolute atomic E-state index is 13.0. The molecule has 1 amide bonds. The van der Waals surface area contributed by atoms with Crippen LogP contribution in [0.25, 0.3) is 21.8 Å². The van der Waals surface area contributed by atoms with E-state index in [1.807, 2.05) is 66.3 Å². The number of hydrogen-bond donors (Lipinski definition) is 2. The SMILES string of the molecule is Cn1ccc2c(NC(=O)n3ccc4cc(Oc5ncnc6c5CNC6)ccc43)cccc21. The van der Waals surface area contributed by atoms with Gasteiger partial charge in [0.2, 0.25) is 5.88 Å². The molecule has 32 heavy (non-hydrogen) atoms. The lowest BCUT2D eigenvalue weighted by atomic mass is 10.2. The first-order valence-electron chi connectivity index (χ1n) is 10.4. The molecule has 6 rings (SSSR count). The molecule has 0 spiro atoms. The summed E-state index contributed by atoms with van der Waals surface area (Å²) in [7, 11) is 1.99. The molecule has 0 bridgehead atoms. The third kappa shape index (κ3) is 3.00. The average molecular weight is 424 g/mol. The van der Waals surface area contributed by atoms with Crippen molar-refractivity contribution in [3.8, 4) is 11.6 Å². The molecule has 1 aliphatic rings. The van der Waals surface area contributed by atoms with E-state index in [2.05, 4.69) is 20.6 Å². The Labute approximate surface area is 183 Å². The molecule has 0 fully saturated rings. The number of carbonyl (C=O) groups excluding carboxylic acids is 1. The monoisotopic (exact) mass is 424 g/mol. The number of carbonyl (C=O) groups is 1. The summed E-state index contributed by atoms with van der Waals surface area (Å²) < 4.78 is 9.67. The second-order valence-electron chi connectivity index (χ2n) is 7.81. The molecule has 8 heteroatoms. The zero-order valence-electron chi connectivity index (χ0n) is 17.4. The van der Waals surface area contributed by atoms with Gasteiger partial charge in [0.25, 0.3) is 0 Å². The van der Waals surface area contributed by atoms with Crippen LogP contribution >= 0.6 is 0 Å². The number of benzene rings is 2. The summed E-state index contributed by atoms with van der Waals surface area (Å²) in [6.45, 7) is 1.42. The van der Waals surface area contributed by atoms with Crippen LogP contribution < -0.4 is 15.4 Å². The molecule has 2 N–H and O–H groups in total. The molecule has 158 valence electrons. The molecule has 0 saturated heterocycles. The molecule has 0 radical (unpaired) electrons. The van der Waals surface area contributed by atoms with Gasteiger partial charge < -0.3 is 19.9 Å². The van der Waals surface area contributed by atoms with Crippen molar-refractivity contribution in [2.24, 2.45) is 7.05 Å². The normalized spacial score (nSPS) is 12.9. The van der Waals surface area contributed by atoms with E-state index in [0.29, 0.717) is 18.2 Å². The van der Waals surface area contributed by atoms with E-state index in [0.717, 1.165) is 45.3 Å². The lowest BCUT2D eigenvalue weighted by Crippen LogP contribution is -2.18. The number of hydrogen-bond acceptors (Lipinski definition) is 5. The minimum atomic E-state index is -0.218. The van der Waals surface area contributed by atoms with Gasteiger partial charge in [0.1, 0.15) is 12.1 Å². The Bertz CT molecular complexity index is 1500. The lowest BCUT2D eigenvalue weighted by Gasteiger charge is -2.10. The molecule has 0 aliphatic carbocycles. The summed E-state index contributed by atoms with van der Waals surface area (Å²) in [4.78, 5) is 21.6. The topological polar surface area (TPSA) is 86.0 Å². The van der Waals surface area contributed by atoms with E-state index in [4.69, 9.17) is 4.74 Å². The van der Waals surface area contributed by atoms with Crippen molar-refractivity contribution >= 4 is 33.5 Å². The summed E-state index contributed by atoms with van der Waals surface area (Å²) >= 11 is 0. The van der Waals surface area contributed by atoms with Crippen molar-refractivity contribution in [1.82, 2.24) is 24.4 Å². The van der Waals surface area contributed by atoms with Gasteiger partial charge in [-0.15, -0.1) is 0 Å². The third-order valence-corrected chi connectivity index (χ3v) is 5.85.